The predicted octanol–water partition coefficient (Wildman–Crippen LogP) is 3.60. The molecule has 0 saturated carbocycles. The Balaban J connectivity index is 1.72. The van der Waals surface area contributed by atoms with Crippen LogP contribution in [0.2, 0.25) is 0 Å². The van der Waals surface area contributed by atoms with Gasteiger partial charge in [-0.3, -0.25) is 9.59 Å². The lowest BCUT2D eigenvalue weighted by molar-refractivity contribution is -0.117. The van der Waals surface area contributed by atoms with Crippen LogP contribution in [0.25, 0.3) is 6.08 Å². The molecule has 1 saturated heterocycles. The van der Waals surface area contributed by atoms with Crippen LogP contribution in [-0.4, -0.2) is 18.4 Å². The molecule has 0 atom stereocenters. The number of hydrogen-bond donors (Lipinski definition) is 1. The summed E-state index contributed by atoms with van der Waals surface area (Å²) in [6.07, 6.45) is 4.35. The van der Waals surface area contributed by atoms with E-state index in [1.54, 1.807) is 29.2 Å². The lowest BCUT2D eigenvalue weighted by Gasteiger charge is -2.19. The number of anilines is 2. The Morgan fingerprint density at radius 1 is 1.12 bits per heavy atom. The molecule has 0 bridgehead atoms. The molecule has 122 valence electrons. The molecule has 2 aromatic carbocycles. The normalized spacial score (nSPS) is 14.4. The van der Waals surface area contributed by atoms with Gasteiger partial charge in [0, 0.05) is 19.0 Å². The molecule has 2 aromatic rings. The first-order valence-corrected chi connectivity index (χ1v) is 7.77. The number of nitrogens with one attached hydrogen (secondary N) is 1. The lowest BCUT2D eigenvalue weighted by atomic mass is 10.2. The molecular weight excluding hydrogens is 307 g/mol. The van der Waals surface area contributed by atoms with Gasteiger partial charge < -0.3 is 10.2 Å². The van der Waals surface area contributed by atoms with Crippen LogP contribution in [-0.2, 0) is 9.59 Å². The molecule has 0 unspecified atom stereocenters. The second-order valence-electron chi connectivity index (χ2n) is 5.54. The molecule has 4 nitrogen and oxygen atoms in total. The number of carbonyl (C=O) groups is 2. The van der Waals surface area contributed by atoms with E-state index in [0.717, 1.165) is 12.0 Å². The highest BCUT2D eigenvalue weighted by atomic mass is 19.1. The van der Waals surface area contributed by atoms with Gasteiger partial charge in [0.1, 0.15) is 5.82 Å². The van der Waals surface area contributed by atoms with Crippen molar-refractivity contribution in [3.05, 3.63) is 66.0 Å². The van der Waals surface area contributed by atoms with Crippen LogP contribution in [0.3, 0.4) is 0 Å². The smallest absolute Gasteiger partial charge is 0.248 e. The Bertz CT molecular complexity index is 784. The van der Waals surface area contributed by atoms with E-state index in [-0.39, 0.29) is 17.6 Å². The van der Waals surface area contributed by atoms with Gasteiger partial charge in [0.25, 0.3) is 0 Å². The van der Waals surface area contributed by atoms with Gasteiger partial charge >= 0.3 is 0 Å². The Morgan fingerprint density at radius 3 is 2.58 bits per heavy atom. The minimum Gasteiger partial charge on any atom is -0.321 e. The summed E-state index contributed by atoms with van der Waals surface area (Å²) in [6.45, 7) is 0.664. The first-order chi connectivity index (χ1) is 11.6. The van der Waals surface area contributed by atoms with Crippen molar-refractivity contribution in [2.24, 2.45) is 0 Å². The van der Waals surface area contributed by atoms with Gasteiger partial charge in [-0.25, -0.2) is 4.39 Å². The van der Waals surface area contributed by atoms with Gasteiger partial charge in [0.15, 0.2) is 0 Å². The first kappa shape index (κ1) is 15.9. The number of halogens is 1. The van der Waals surface area contributed by atoms with Crippen LogP contribution >= 0.6 is 0 Å². The van der Waals surface area contributed by atoms with Crippen molar-refractivity contribution in [2.75, 3.05) is 16.8 Å². The van der Waals surface area contributed by atoms with Crippen LogP contribution in [0.4, 0.5) is 15.8 Å². The standard InChI is InChI=1S/C19H17FN2O2/c20-15-10-7-14(8-11-15)9-12-18(23)21-16-4-1-2-5-17(16)22-13-3-6-19(22)24/h1-2,4-5,7-12H,3,6,13H2,(H,21,23)/b12-9+. The summed E-state index contributed by atoms with van der Waals surface area (Å²) in [5.74, 6) is -0.558. The molecule has 0 radical (unpaired) electrons. The number of para-hydroxylation sites is 2. The molecule has 5 heteroatoms. The molecule has 1 heterocycles. The lowest BCUT2D eigenvalue weighted by Crippen LogP contribution is -2.25. The highest BCUT2D eigenvalue weighted by Crippen LogP contribution is 2.29. The number of amides is 2. The van der Waals surface area contributed by atoms with Crippen LogP contribution in [0, 0.1) is 5.82 Å². The van der Waals surface area contributed by atoms with Crippen molar-refractivity contribution in [1.82, 2.24) is 0 Å². The fraction of sp³-hybridized carbons (Fsp3) is 0.158. The predicted molar refractivity (Wildman–Crippen MR) is 92.1 cm³/mol. The molecule has 1 fully saturated rings. The highest BCUT2D eigenvalue weighted by Gasteiger charge is 2.23. The summed E-state index contributed by atoms with van der Waals surface area (Å²) < 4.78 is 12.9. The van der Waals surface area contributed by atoms with Crippen LogP contribution in [0.5, 0.6) is 0 Å². The number of rotatable bonds is 4. The van der Waals surface area contributed by atoms with E-state index in [1.807, 2.05) is 18.2 Å². The minimum atomic E-state index is -0.319. The number of carbonyl (C=O) groups excluding carboxylic acids is 2. The molecule has 0 aliphatic carbocycles. The fourth-order valence-corrected chi connectivity index (χ4v) is 2.64. The quantitative estimate of drug-likeness (QED) is 0.874. The van der Waals surface area contributed by atoms with Crippen LogP contribution in [0.15, 0.2) is 54.6 Å². The summed E-state index contributed by atoms with van der Waals surface area (Å²) >= 11 is 0. The molecule has 0 spiro atoms. The largest absolute Gasteiger partial charge is 0.321 e. The number of nitrogens with zero attached hydrogens (tertiary/aromatic N) is 1. The third kappa shape index (κ3) is 3.68. The molecule has 3 rings (SSSR count). The molecule has 2 amide bonds. The van der Waals surface area contributed by atoms with Crippen molar-refractivity contribution in [1.29, 1.82) is 0 Å². The van der Waals surface area contributed by atoms with Crippen LogP contribution < -0.4 is 10.2 Å². The minimum absolute atomic E-state index is 0.0681. The zero-order valence-electron chi connectivity index (χ0n) is 13.0. The average molecular weight is 324 g/mol. The van der Waals surface area contributed by atoms with Gasteiger partial charge in [-0.1, -0.05) is 24.3 Å². The number of benzene rings is 2. The maximum atomic E-state index is 12.9. The Hall–Kier alpha value is -2.95. The average Bonchev–Trinajstić information content (AvgIpc) is 3.01. The third-order valence-electron chi connectivity index (χ3n) is 3.82. The van der Waals surface area contributed by atoms with Gasteiger partial charge in [-0.2, -0.15) is 0 Å². The van der Waals surface area contributed by atoms with Crippen molar-refractivity contribution in [3.63, 3.8) is 0 Å². The van der Waals surface area contributed by atoms with E-state index >= 15 is 0 Å². The van der Waals surface area contributed by atoms with Gasteiger partial charge in [0.05, 0.1) is 11.4 Å². The summed E-state index contributed by atoms with van der Waals surface area (Å²) in [7, 11) is 0. The number of hydrogen-bond acceptors (Lipinski definition) is 2. The van der Waals surface area contributed by atoms with E-state index in [4.69, 9.17) is 0 Å². The zero-order valence-corrected chi connectivity index (χ0v) is 13.0. The Kier molecular flexibility index (Phi) is 4.70. The van der Waals surface area contributed by atoms with Gasteiger partial charge in [0.2, 0.25) is 11.8 Å². The maximum absolute atomic E-state index is 12.9. The van der Waals surface area contributed by atoms with Crippen molar-refractivity contribution in [2.45, 2.75) is 12.8 Å². The zero-order chi connectivity index (χ0) is 16.9. The molecule has 1 aliphatic rings. The second-order valence-corrected chi connectivity index (χ2v) is 5.54. The van der Waals surface area contributed by atoms with Gasteiger partial charge in [-0.15, -0.1) is 0 Å². The van der Waals surface area contributed by atoms with Crippen molar-refractivity contribution < 1.29 is 14.0 Å². The second kappa shape index (κ2) is 7.08. The molecule has 1 aliphatic heterocycles. The monoisotopic (exact) mass is 324 g/mol. The Labute approximate surface area is 139 Å². The van der Waals surface area contributed by atoms with Gasteiger partial charge in [-0.05, 0) is 42.3 Å². The summed E-state index contributed by atoms with van der Waals surface area (Å²) in [5, 5.41) is 2.80. The summed E-state index contributed by atoms with van der Waals surface area (Å²) in [6, 6.07) is 13.1. The third-order valence-corrected chi connectivity index (χ3v) is 3.82. The summed E-state index contributed by atoms with van der Waals surface area (Å²) in [5.41, 5.74) is 2.04. The topological polar surface area (TPSA) is 49.4 Å². The van der Waals surface area contributed by atoms with Crippen LogP contribution in [0.1, 0.15) is 18.4 Å². The molecule has 0 aromatic heterocycles. The van der Waals surface area contributed by atoms with E-state index < -0.39 is 0 Å². The molecule has 1 N–H and O–H groups in total. The van der Waals surface area contributed by atoms with E-state index in [1.165, 1.54) is 18.2 Å². The SMILES string of the molecule is O=C(/C=C/c1ccc(F)cc1)Nc1ccccc1N1CCCC1=O. The van der Waals surface area contributed by atoms with E-state index in [2.05, 4.69) is 5.32 Å². The fourth-order valence-electron chi connectivity index (χ4n) is 2.64. The van der Waals surface area contributed by atoms with E-state index in [9.17, 15) is 14.0 Å². The van der Waals surface area contributed by atoms with Crippen molar-refractivity contribution >= 4 is 29.3 Å². The Morgan fingerprint density at radius 2 is 1.88 bits per heavy atom. The molecule has 24 heavy (non-hydrogen) atoms. The first-order valence-electron chi connectivity index (χ1n) is 7.77. The maximum Gasteiger partial charge on any atom is 0.248 e. The summed E-state index contributed by atoms with van der Waals surface area (Å²) in [4.78, 5) is 25.7. The molecular formula is C19H17FN2O2. The van der Waals surface area contributed by atoms with E-state index in [0.29, 0.717) is 24.3 Å². The highest BCUT2D eigenvalue weighted by molar-refractivity contribution is 6.06. The van der Waals surface area contributed by atoms with Crippen molar-refractivity contribution in [3.8, 4) is 0 Å².